The van der Waals surface area contributed by atoms with E-state index in [1.54, 1.807) is 20.8 Å². The molecular formula is C16H16F3N3O. The first-order chi connectivity index (χ1) is 10.6. The van der Waals surface area contributed by atoms with Crippen LogP contribution in [0.3, 0.4) is 0 Å². The van der Waals surface area contributed by atoms with E-state index in [9.17, 15) is 18.0 Å². The van der Waals surface area contributed by atoms with Gasteiger partial charge in [-0.1, -0.05) is 26.8 Å². The van der Waals surface area contributed by atoms with Gasteiger partial charge in [0, 0.05) is 17.8 Å². The number of hydrogen-bond donors (Lipinski definition) is 0. The molecule has 0 radical (unpaired) electrons. The zero-order chi connectivity index (χ0) is 17.3. The molecule has 0 unspecified atom stereocenters. The van der Waals surface area contributed by atoms with Crippen molar-refractivity contribution in [1.82, 2.24) is 9.97 Å². The normalized spacial score (nSPS) is 12.1. The van der Waals surface area contributed by atoms with Crippen LogP contribution in [0.4, 0.5) is 24.7 Å². The number of hydrogen-bond acceptors (Lipinski definition) is 3. The van der Waals surface area contributed by atoms with Crippen molar-refractivity contribution in [1.29, 1.82) is 0 Å². The Hall–Kier alpha value is -2.44. The summed E-state index contributed by atoms with van der Waals surface area (Å²) in [7, 11) is 0. The molecule has 0 atom stereocenters. The van der Waals surface area contributed by atoms with E-state index >= 15 is 0 Å². The number of amides is 1. The summed E-state index contributed by atoms with van der Waals surface area (Å²) in [5.41, 5.74) is -1.53. The molecule has 0 bridgehead atoms. The van der Waals surface area contributed by atoms with Crippen molar-refractivity contribution in [2.24, 2.45) is 5.41 Å². The van der Waals surface area contributed by atoms with E-state index in [0.29, 0.717) is 0 Å². The lowest BCUT2D eigenvalue weighted by Crippen LogP contribution is -2.37. The molecule has 7 heteroatoms. The van der Waals surface area contributed by atoms with Crippen LogP contribution < -0.4 is 4.90 Å². The number of alkyl halides is 3. The number of carbonyl (C=O) groups excluding carboxylic acids is 1. The summed E-state index contributed by atoms with van der Waals surface area (Å²) < 4.78 is 38.8. The second kappa shape index (κ2) is 5.98. The Balaban J connectivity index is 2.57. The van der Waals surface area contributed by atoms with Gasteiger partial charge in [-0.05, 0) is 18.2 Å². The lowest BCUT2D eigenvalue weighted by Gasteiger charge is -2.29. The summed E-state index contributed by atoms with van der Waals surface area (Å²) in [6, 6.07) is 4.59. The number of carbonyl (C=O) groups is 1. The fourth-order valence-corrected chi connectivity index (χ4v) is 1.92. The maximum Gasteiger partial charge on any atom is 0.416 e. The fraction of sp³-hybridized carbons (Fsp3) is 0.312. The zero-order valence-electron chi connectivity index (χ0n) is 12.9. The van der Waals surface area contributed by atoms with Crippen LogP contribution in [-0.2, 0) is 11.0 Å². The number of halogens is 3. The second-order valence-electron chi connectivity index (χ2n) is 6.00. The predicted octanol–water partition coefficient (Wildman–Crippen LogP) is 4.21. The minimum atomic E-state index is -4.49. The smallest absolute Gasteiger partial charge is 0.273 e. The van der Waals surface area contributed by atoms with E-state index in [2.05, 4.69) is 9.97 Å². The molecule has 1 aromatic carbocycles. The van der Waals surface area contributed by atoms with Crippen LogP contribution in [0.25, 0.3) is 0 Å². The molecule has 0 saturated heterocycles. The highest BCUT2D eigenvalue weighted by Gasteiger charge is 2.34. The zero-order valence-corrected chi connectivity index (χ0v) is 12.9. The van der Waals surface area contributed by atoms with Crippen LogP contribution in [0.5, 0.6) is 0 Å². The van der Waals surface area contributed by atoms with E-state index < -0.39 is 17.2 Å². The molecule has 1 aromatic heterocycles. The Bertz CT molecular complexity index is 694. The van der Waals surface area contributed by atoms with Crippen LogP contribution >= 0.6 is 0 Å². The maximum atomic E-state index is 12.9. The molecule has 1 amide bonds. The first-order valence-corrected chi connectivity index (χ1v) is 6.88. The van der Waals surface area contributed by atoms with E-state index in [1.807, 2.05) is 0 Å². The fourth-order valence-electron chi connectivity index (χ4n) is 1.92. The van der Waals surface area contributed by atoms with E-state index in [4.69, 9.17) is 0 Å². The minimum absolute atomic E-state index is 0.0975. The van der Waals surface area contributed by atoms with Gasteiger partial charge in [0.2, 0.25) is 5.91 Å². The topological polar surface area (TPSA) is 46.1 Å². The van der Waals surface area contributed by atoms with Crippen LogP contribution in [0.15, 0.2) is 42.9 Å². The Labute approximate surface area is 132 Å². The van der Waals surface area contributed by atoms with Gasteiger partial charge in [0.25, 0.3) is 0 Å². The summed E-state index contributed by atoms with van der Waals surface area (Å²) in [6.45, 7) is 5.06. The van der Waals surface area contributed by atoms with E-state index in [-0.39, 0.29) is 17.4 Å². The Morgan fingerprint density at radius 2 is 1.83 bits per heavy atom. The van der Waals surface area contributed by atoms with Crippen molar-refractivity contribution in [3.63, 3.8) is 0 Å². The highest BCUT2D eigenvalue weighted by Crippen LogP contribution is 2.35. The molecular weight excluding hydrogens is 307 g/mol. The van der Waals surface area contributed by atoms with Crippen molar-refractivity contribution >= 4 is 17.4 Å². The van der Waals surface area contributed by atoms with Crippen molar-refractivity contribution in [3.05, 3.63) is 48.4 Å². The van der Waals surface area contributed by atoms with Crippen LogP contribution in [0.1, 0.15) is 26.3 Å². The molecule has 4 nitrogen and oxygen atoms in total. The molecule has 0 aliphatic heterocycles. The van der Waals surface area contributed by atoms with Gasteiger partial charge in [-0.15, -0.1) is 0 Å². The van der Waals surface area contributed by atoms with Gasteiger partial charge in [0.1, 0.15) is 0 Å². The molecule has 23 heavy (non-hydrogen) atoms. The maximum absolute atomic E-state index is 12.9. The minimum Gasteiger partial charge on any atom is -0.273 e. The number of rotatable bonds is 2. The first kappa shape index (κ1) is 16.9. The molecule has 0 spiro atoms. The Morgan fingerprint density at radius 1 is 1.13 bits per heavy atom. The van der Waals surface area contributed by atoms with Gasteiger partial charge < -0.3 is 0 Å². The van der Waals surface area contributed by atoms with Gasteiger partial charge in [0.05, 0.1) is 17.4 Å². The third kappa shape index (κ3) is 3.85. The molecule has 0 aliphatic rings. The number of benzene rings is 1. The molecule has 122 valence electrons. The molecule has 1 heterocycles. The number of aromatic nitrogens is 2. The van der Waals surface area contributed by atoms with Gasteiger partial charge in [-0.3, -0.25) is 14.7 Å². The summed E-state index contributed by atoms with van der Waals surface area (Å²) in [4.78, 5) is 21.8. The van der Waals surface area contributed by atoms with Gasteiger partial charge in [-0.2, -0.15) is 13.2 Å². The largest absolute Gasteiger partial charge is 0.416 e. The number of anilines is 2. The number of nitrogens with zero attached hydrogens (tertiary/aromatic N) is 3. The van der Waals surface area contributed by atoms with Crippen molar-refractivity contribution in [2.45, 2.75) is 26.9 Å². The highest BCUT2D eigenvalue weighted by atomic mass is 19.4. The first-order valence-electron chi connectivity index (χ1n) is 6.88. The quantitative estimate of drug-likeness (QED) is 0.832. The summed E-state index contributed by atoms with van der Waals surface area (Å²) >= 11 is 0. The molecule has 2 rings (SSSR count). The monoisotopic (exact) mass is 323 g/mol. The molecule has 0 saturated carbocycles. The average molecular weight is 323 g/mol. The van der Waals surface area contributed by atoms with Crippen molar-refractivity contribution in [2.75, 3.05) is 4.90 Å². The van der Waals surface area contributed by atoms with Gasteiger partial charge >= 0.3 is 6.18 Å². The van der Waals surface area contributed by atoms with E-state index in [1.165, 1.54) is 30.7 Å². The predicted molar refractivity (Wildman–Crippen MR) is 80.1 cm³/mol. The lowest BCUT2D eigenvalue weighted by atomic mass is 9.94. The molecule has 0 fully saturated rings. The Morgan fingerprint density at radius 3 is 2.35 bits per heavy atom. The molecule has 0 aliphatic carbocycles. The average Bonchev–Trinajstić information content (AvgIpc) is 2.47. The van der Waals surface area contributed by atoms with Crippen molar-refractivity contribution < 1.29 is 18.0 Å². The van der Waals surface area contributed by atoms with Gasteiger partial charge in [0.15, 0.2) is 5.82 Å². The lowest BCUT2D eigenvalue weighted by molar-refractivity contribution is -0.137. The summed E-state index contributed by atoms with van der Waals surface area (Å²) in [5, 5.41) is 0. The SMILES string of the molecule is CC(C)(C)C(=O)N(c1cccc(C(F)(F)F)c1)c1cnccn1. The standard InChI is InChI=1S/C16H16F3N3O/c1-15(2,3)14(23)22(13-10-20-7-8-21-13)12-6-4-5-11(9-12)16(17,18)19/h4-10H,1-3H3. The van der Waals surface area contributed by atoms with E-state index in [0.717, 1.165) is 17.0 Å². The third-order valence-electron chi connectivity index (χ3n) is 3.06. The van der Waals surface area contributed by atoms with Crippen LogP contribution in [0, 0.1) is 5.41 Å². The van der Waals surface area contributed by atoms with Crippen molar-refractivity contribution in [3.8, 4) is 0 Å². The van der Waals surface area contributed by atoms with Crippen LogP contribution in [-0.4, -0.2) is 15.9 Å². The molecule has 0 N–H and O–H groups in total. The molecule has 2 aromatic rings. The van der Waals surface area contributed by atoms with Crippen LogP contribution in [0.2, 0.25) is 0 Å². The van der Waals surface area contributed by atoms with Gasteiger partial charge in [-0.25, -0.2) is 4.98 Å². The second-order valence-corrected chi connectivity index (χ2v) is 6.00. The third-order valence-corrected chi connectivity index (χ3v) is 3.06. The Kier molecular flexibility index (Phi) is 4.40. The summed E-state index contributed by atoms with van der Waals surface area (Å²) in [5.74, 6) is -0.205. The highest BCUT2D eigenvalue weighted by molar-refractivity contribution is 6.02. The summed E-state index contributed by atoms with van der Waals surface area (Å²) in [6.07, 6.45) is -0.347.